The Bertz CT molecular complexity index is 516. The lowest BCUT2D eigenvalue weighted by molar-refractivity contribution is 0.624. The Morgan fingerprint density at radius 2 is 1.94 bits per heavy atom. The molecule has 82 valence electrons. The summed E-state index contributed by atoms with van der Waals surface area (Å²) in [6.07, 6.45) is 0. The molecule has 2 aromatic rings. The second-order valence-corrected chi connectivity index (χ2v) is 5.60. The molecule has 0 fully saturated rings. The third-order valence-electron chi connectivity index (χ3n) is 2.00. The fourth-order valence-corrected chi connectivity index (χ4v) is 2.67. The van der Waals surface area contributed by atoms with Crippen LogP contribution in [0.1, 0.15) is 0 Å². The molecule has 0 bridgehead atoms. The molecule has 0 unspecified atom stereocenters. The lowest BCUT2D eigenvalue weighted by atomic mass is 10.3. The highest BCUT2D eigenvalue weighted by molar-refractivity contribution is 14.1. The zero-order chi connectivity index (χ0) is 11.5. The van der Waals surface area contributed by atoms with Crippen molar-refractivity contribution in [2.24, 2.45) is 0 Å². The van der Waals surface area contributed by atoms with E-state index >= 15 is 0 Å². The van der Waals surface area contributed by atoms with Crippen LogP contribution in [0.25, 0.3) is 0 Å². The molecule has 0 aliphatic rings. The van der Waals surface area contributed by atoms with Gasteiger partial charge in [0, 0.05) is 19.0 Å². The average molecular weight is 345 g/mol. The van der Waals surface area contributed by atoms with Gasteiger partial charge in [0.05, 0.1) is 0 Å². The molecule has 0 radical (unpaired) electrons. The summed E-state index contributed by atoms with van der Waals surface area (Å²) in [5, 5.41) is 0. The van der Waals surface area contributed by atoms with Gasteiger partial charge in [-0.3, -0.25) is 0 Å². The first-order valence-corrected chi connectivity index (χ1v) is 6.53. The predicted molar refractivity (Wildman–Crippen MR) is 74.1 cm³/mol. The molecule has 1 nitrogen and oxygen atoms in total. The van der Waals surface area contributed by atoms with Crippen molar-refractivity contribution in [2.45, 2.75) is 9.79 Å². The van der Waals surface area contributed by atoms with Crippen molar-refractivity contribution < 1.29 is 4.39 Å². The highest BCUT2D eigenvalue weighted by atomic mass is 127. The highest BCUT2D eigenvalue weighted by Gasteiger charge is 2.03. The van der Waals surface area contributed by atoms with E-state index in [0.29, 0.717) is 0 Å². The van der Waals surface area contributed by atoms with Crippen molar-refractivity contribution in [1.29, 1.82) is 0 Å². The lowest BCUT2D eigenvalue weighted by Gasteiger charge is -2.05. The Morgan fingerprint density at radius 1 is 1.12 bits per heavy atom. The topological polar surface area (TPSA) is 26.0 Å². The predicted octanol–water partition coefficient (Wildman–Crippen LogP) is 4.16. The number of benzene rings is 2. The van der Waals surface area contributed by atoms with Crippen LogP contribution < -0.4 is 5.73 Å². The number of anilines is 1. The summed E-state index contributed by atoms with van der Waals surface area (Å²) in [5.41, 5.74) is 6.61. The molecule has 0 aliphatic heterocycles. The number of nitrogen functional groups attached to an aromatic ring is 1. The number of nitrogens with two attached hydrogens (primary N) is 1. The first-order chi connectivity index (χ1) is 7.65. The van der Waals surface area contributed by atoms with E-state index in [1.54, 1.807) is 6.07 Å². The van der Waals surface area contributed by atoms with Gasteiger partial charge in [-0.15, -0.1) is 0 Å². The molecule has 2 rings (SSSR count). The van der Waals surface area contributed by atoms with Crippen molar-refractivity contribution in [1.82, 2.24) is 0 Å². The van der Waals surface area contributed by atoms with Gasteiger partial charge in [0.1, 0.15) is 5.82 Å². The molecule has 0 spiro atoms. The number of halogens is 2. The minimum absolute atomic E-state index is 0.228. The van der Waals surface area contributed by atoms with E-state index in [-0.39, 0.29) is 5.82 Å². The molecule has 0 saturated heterocycles. The summed E-state index contributed by atoms with van der Waals surface area (Å²) in [6, 6.07) is 12.3. The average Bonchev–Trinajstić information content (AvgIpc) is 2.22. The fraction of sp³-hybridized carbons (Fsp3) is 0. The smallest absolute Gasteiger partial charge is 0.124 e. The van der Waals surface area contributed by atoms with E-state index in [9.17, 15) is 4.39 Å². The van der Waals surface area contributed by atoms with Gasteiger partial charge in [-0.2, -0.15) is 0 Å². The second-order valence-electron chi connectivity index (χ2n) is 3.24. The van der Waals surface area contributed by atoms with Gasteiger partial charge in [0.15, 0.2) is 0 Å². The Kier molecular flexibility index (Phi) is 3.70. The second kappa shape index (κ2) is 5.05. The van der Waals surface area contributed by atoms with Crippen molar-refractivity contribution >= 4 is 40.0 Å². The molecule has 0 aromatic heterocycles. The fourth-order valence-electron chi connectivity index (χ4n) is 1.27. The number of rotatable bonds is 2. The summed E-state index contributed by atoms with van der Waals surface area (Å²) < 4.78 is 14.1. The van der Waals surface area contributed by atoms with Crippen LogP contribution in [0.5, 0.6) is 0 Å². The van der Waals surface area contributed by atoms with Gasteiger partial charge in [0.2, 0.25) is 0 Å². The maximum atomic E-state index is 13.0. The van der Waals surface area contributed by atoms with E-state index in [2.05, 4.69) is 22.6 Å². The molecule has 16 heavy (non-hydrogen) atoms. The summed E-state index contributed by atoms with van der Waals surface area (Å²) in [5.74, 6) is -0.228. The van der Waals surface area contributed by atoms with Crippen molar-refractivity contribution in [3.05, 3.63) is 51.9 Å². The van der Waals surface area contributed by atoms with Crippen LogP contribution >= 0.6 is 34.4 Å². The van der Waals surface area contributed by atoms with E-state index in [1.165, 1.54) is 23.9 Å². The van der Waals surface area contributed by atoms with Gasteiger partial charge in [-0.25, -0.2) is 4.39 Å². The minimum Gasteiger partial charge on any atom is -0.398 e. The van der Waals surface area contributed by atoms with Crippen LogP contribution in [0.2, 0.25) is 0 Å². The zero-order valence-corrected chi connectivity index (χ0v) is 11.3. The molecular formula is C12H9FINS. The van der Waals surface area contributed by atoms with Crippen LogP contribution in [0.3, 0.4) is 0 Å². The summed E-state index contributed by atoms with van der Waals surface area (Å²) >= 11 is 3.68. The first kappa shape index (κ1) is 11.7. The Morgan fingerprint density at radius 3 is 2.62 bits per heavy atom. The molecule has 0 amide bonds. The molecule has 2 N–H and O–H groups in total. The van der Waals surface area contributed by atoms with Crippen LogP contribution in [0.15, 0.2) is 52.3 Å². The summed E-state index contributed by atoms with van der Waals surface area (Å²) in [6.45, 7) is 0. The highest BCUT2D eigenvalue weighted by Crippen LogP contribution is 2.32. The van der Waals surface area contributed by atoms with E-state index in [1.807, 2.05) is 24.3 Å². The molecule has 0 saturated carbocycles. The third-order valence-corrected chi connectivity index (χ3v) is 3.75. The van der Waals surface area contributed by atoms with Crippen molar-refractivity contribution in [3.8, 4) is 0 Å². The van der Waals surface area contributed by atoms with Crippen LogP contribution in [0, 0.1) is 9.39 Å². The monoisotopic (exact) mass is 345 g/mol. The van der Waals surface area contributed by atoms with Crippen LogP contribution in [0.4, 0.5) is 10.1 Å². The maximum absolute atomic E-state index is 13.0. The van der Waals surface area contributed by atoms with Crippen molar-refractivity contribution in [2.75, 3.05) is 5.73 Å². The number of hydrogen-bond acceptors (Lipinski definition) is 2. The van der Waals surface area contributed by atoms with Gasteiger partial charge in [0.25, 0.3) is 0 Å². The van der Waals surface area contributed by atoms with Crippen molar-refractivity contribution in [3.63, 3.8) is 0 Å². The zero-order valence-electron chi connectivity index (χ0n) is 8.28. The molecular weight excluding hydrogens is 336 g/mol. The molecule has 0 aliphatic carbocycles. The van der Waals surface area contributed by atoms with E-state index < -0.39 is 0 Å². The largest absolute Gasteiger partial charge is 0.398 e. The van der Waals surface area contributed by atoms with E-state index in [0.717, 1.165) is 19.0 Å². The summed E-state index contributed by atoms with van der Waals surface area (Å²) in [4.78, 5) is 1.80. The Labute approximate surface area is 111 Å². The SMILES string of the molecule is Nc1cc(I)ccc1Sc1cccc(F)c1. The van der Waals surface area contributed by atoms with Gasteiger partial charge >= 0.3 is 0 Å². The molecule has 0 atom stereocenters. The molecule has 2 aromatic carbocycles. The minimum atomic E-state index is -0.228. The quantitative estimate of drug-likeness (QED) is 0.653. The standard InChI is InChI=1S/C12H9FINS/c13-8-2-1-3-10(6-8)16-12-5-4-9(14)7-11(12)15/h1-7H,15H2. The Balaban J connectivity index is 2.27. The van der Waals surface area contributed by atoms with Gasteiger partial charge < -0.3 is 5.73 Å². The van der Waals surface area contributed by atoms with Crippen LogP contribution in [-0.2, 0) is 0 Å². The van der Waals surface area contributed by atoms with Gasteiger partial charge in [-0.1, -0.05) is 17.8 Å². The van der Waals surface area contributed by atoms with Gasteiger partial charge in [-0.05, 0) is 59.0 Å². The normalized spacial score (nSPS) is 10.4. The lowest BCUT2D eigenvalue weighted by Crippen LogP contribution is -1.89. The van der Waals surface area contributed by atoms with Crippen LogP contribution in [-0.4, -0.2) is 0 Å². The first-order valence-electron chi connectivity index (χ1n) is 4.63. The number of hydrogen-bond donors (Lipinski definition) is 1. The Hall–Kier alpha value is -0.750. The molecule has 4 heteroatoms. The molecule has 0 heterocycles. The maximum Gasteiger partial charge on any atom is 0.124 e. The van der Waals surface area contributed by atoms with E-state index in [4.69, 9.17) is 5.73 Å². The third kappa shape index (κ3) is 2.89. The summed E-state index contributed by atoms with van der Waals surface area (Å²) in [7, 11) is 0.